The van der Waals surface area contributed by atoms with Crippen LogP contribution in [0.1, 0.15) is 12.5 Å². The van der Waals surface area contributed by atoms with Gasteiger partial charge in [-0.3, -0.25) is 14.9 Å². The highest BCUT2D eigenvalue weighted by atomic mass is 16.6. The molecule has 2 aromatic rings. The Morgan fingerprint density at radius 3 is 2.35 bits per heavy atom. The fourth-order valence-corrected chi connectivity index (χ4v) is 1.92. The Hall–Kier alpha value is -2.69. The normalized spacial score (nSPS) is 10.1. The number of nitro benzene ring substituents is 1. The number of nitrogens with zero attached hydrogens (tertiary/aromatic N) is 1. The first-order chi connectivity index (χ1) is 9.49. The Bertz CT molecular complexity index is 665. The van der Waals surface area contributed by atoms with Crippen molar-refractivity contribution in [2.24, 2.45) is 0 Å². The van der Waals surface area contributed by atoms with Gasteiger partial charge in [-0.05, 0) is 24.1 Å². The molecule has 0 saturated carbocycles. The van der Waals surface area contributed by atoms with Crippen LogP contribution >= 0.6 is 0 Å². The van der Waals surface area contributed by atoms with Crippen molar-refractivity contribution in [3.8, 4) is 16.9 Å². The Morgan fingerprint density at radius 1 is 1.15 bits per heavy atom. The third-order valence-electron chi connectivity index (χ3n) is 2.89. The number of carbonyl (C=O) groups excluding carboxylic acids is 1. The lowest BCUT2D eigenvalue weighted by molar-refractivity contribution is -0.385. The van der Waals surface area contributed by atoms with Crippen LogP contribution in [0.25, 0.3) is 11.1 Å². The Kier molecular flexibility index (Phi) is 3.79. The van der Waals surface area contributed by atoms with Crippen LogP contribution in [0, 0.1) is 17.0 Å². The molecule has 102 valence electrons. The van der Waals surface area contributed by atoms with Crippen LogP contribution in [0.5, 0.6) is 5.75 Å². The van der Waals surface area contributed by atoms with Gasteiger partial charge in [-0.1, -0.05) is 30.3 Å². The van der Waals surface area contributed by atoms with Gasteiger partial charge in [0.05, 0.1) is 10.5 Å². The van der Waals surface area contributed by atoms with Crippen molar-refractivity contribution < 1.29 is 14.5 Å². The molecule has 0 aliphatic rings. The van der Waals surface area contributed by atoms with Gasteiger partial charge in [0.1, 0.15) is 5.75 Å². The molecule has 0 bridgehead atoms. The topological polar surface area (TPSA) is 69.4 Å². The lowest BCUT2D eigenvalue weighted by atomic mass is 10.0. The number of carbonyl (C=O) groups is 1. The van der Waals surface area contributed by atoms with Crippen LogP contribution in [0.3, 0.4) is 0 Å². The van der Waals surface area contributed by atoms with Gasteiger partial charge in [0.2, 0.25) is 0 Å². The van der Waals surface area contributed by atoms with Gasteiger partial charge in [-0.2, -0.15) is 0 Å². The number of ether oxygens (including phenoxy) is 1. The average Bonchev–Trinajstić information content (AvgIpc) is 2.41. The molecule has 2 rings (SSSR count). The monoisotopic (exact) mass is 271 g/mol. The highest BCUT2D eigenvalue weighted by molar-refractivity contribution is 5.75. The molecule has 20 heavy (non-hydrogen) atoms. The van der Waals surface area contributed by atoms with Crippen LogP contribution in [-0.2, 0) is 4.79 Å². The van der Waals surface area contributed by atoms with Crippen LogP contribution in [0.2, 0.25) is 0 Å². The maximum absolute atomic E-state index is 11.1. The van der Waals surface area contributed by atoms with E-state index in [0.29, 0.717) is 11.1 Å². The van der Waals surface area contributed by atoms with E-state index in [1.807, 2.05) is 30.3 Å². The SMILES string of the molecule is CC(=O)Oc1cc(-c2ccccc2)cc([N+](=O)[O-])c1C. The zero-order valence-corrected chi connectivity index (χ0v) is 11.1. The molecular formula is C15H13NO4. The zero-order valence-electron chi connectivity index (χ0n) is 11.1. The molecule has 0 amide bonds. The van der Waals surface area contributed by atoms with Crippen LogP contribution in [0.4, 0.5) is 5.69 Å². The average molecular weight is 271 g/mol. The number of hydrogen-bond donors (Lipinski definition) is 0. The minimum absolute atomic E-state index is 0.0670. The molecule has 2 aromatic carbocycles. The van der Waals surface area contributed by atoms with Gasteiger partial charge in [0, 0.05) is 13.0 Å². The predicted molar refractivity (Wildman–Crippen MR) is 74.6 cm³/mol. The van der Waals surface area contributed by atoms with Crippen molar-refractivity contribution in [2.75, 3.05) is 0 Å². The molecule has 5 heteroatoms. The quantitative estimate of drug-likeness (QED) is 0.371. The summed E-state index contributed by atoms with van der Waals surface area (Å²) < 4.78 is 5.05. The van der Waals surface area contributed by atoms with E-state index in [0.717, 1.165) is 5.56 Å². The molecular weight excluding hydrogens is 258 g/mol. The summed E-state index contributed by atoms with van der Waals surface area (Å²) in [5.74, 6) is -0.293. The summed E-state index contributed by atoms with van der Waals surface area (Å²) in [7, 11) is 0. The molecule has 0 N–H and O–H groups in total. The summed E-state index contributed by atoms with van der Waals surface area (Å²) in [6.07, 6.45) is 0. The molecule has 0 aliphatic heterocycles. The van der Waals surface area contributed by atoms with Gasteiger partial charge >= 0.3 is 5.97 Å². The van der Waals surface area contributed by atoms with Crippen molar-refractivity contribution in [1.82, 2.24) is 0 Å². The summed E-state index contributed by atoms with van der Waals surface area (Å²) in [5.41, 5.74) is 1.73. The van der Waals surface area contributed by atoms with E-state index in [1.165, 1.54) is 13.0 Å². The molecule has 0 aliphatic carbocycles. The van der Waals surface area contributed by atoms with Crippen LogP contribution in [-0.4, -0.2) is 10.9 Å². The first kappa shape index (κ1) is 13.7. The summed E-state index contributed by atoms with van der Waals surface area (Å²) in [6, 6.07) is 12.3. The summed E-state index contributed by atoms with van der Waals surface area (Å²) in [6.45, 7) is 2.83. The van der Waals surface area contributed by atoms with Gasteiger partial charge in [0.25, 0.3) is 5.69 Å². The second-order valence-corrected chi connectivity index (χ2v) is 4.34. The van der Waals surface area contributed by atoms with E-state index >= 15 is 0 Å². The first-order valence-corrected chi connectivity index (χ1v) is 6.02. The van der Waals surface area contributed by atoms with Crippen molar-refractivity contribution >= 4 is 11.7 Å². The molecule has 0 atom stereocenters. The molecule has 0 saturated heterocycles. The molecule has 0 unspecified atom stereocenters. The number of hydrogen-bond acceptors (Lipinski definition) is 4. The van der Waals surface area contributed by atoms with Gasteiger partial charge in [-0.15, -0.1) is 0 Å². The highest BCUT2D eigenvalue weighted by Gasteiger charge is 2.18. The predicted octanol–water partition coefficient (Wildman–Crippen LogP) is 3.50. The Balaban J connectivity index is 2.61. The number of rotatable bonds is 3. The molecule has 0 radical (unpaired) electrons. The minimum Gasteiger partial charge on any atom is -0.426 e. The first-order valence-electron chi connectivity index (χ1n) is 6.02. The number of nitro groups is 1. The van der Waals surface area contributed by atoms with Crippen molar-refractivity contribution in [2.45, 2.75) is 13.8 Å². The van der Waals surface area contributed by atoms with E-state index in [4.69, 9.17) is 4.74 Å². The second-order valence-electron chi connectivity index (χ2n) is 4.34. The van der Waals surface area contributed by atoms with Crippen molar-refractivity contribution in [3.05, 3.63) is 58.1 Å². The van der Waals surface area contributed by atoms with Crippen molar-refractivity contribution in [1.29, 1.82) is 0 Å². The summed E-state index contributed by atoms with van der Waals surface area (Å²) >= 11 is 0. The fourth-order valence-electron chi connectivity index (χ4n) is 1.92. The minimum atomic E-state index is -0.507. The maximum Gasteiger partial charge on any atom is 0.308 e. The Morgan fingerprint density at radius 2 is 1.80 bits per heavy atom. The summed E-state index contributed by atoms with van der Waals surface area (Å²) in [5, 5.41) is 11.1. The maximum atomic E-state index is 11.1. The van der Waals surface area contributed by atoms with Gasteiger partial charge in [0.15, 0.2) is 0 Å². The molecule has 0 aromatic heterocycles. The lowest BCUT2D eigenvalue weighted by Gasteiger charge is -2.09. The number of esters is 1. The van der Waals surface area contributed by atoms with Gasteiger partial charge in [-0.25, -0.2) is 0 Å². The van der Waals surface area contributed by atoms with Crippen molar-refractivity contribution in [3.63, 3.8) is 0 Å². The van der Waals surface area contributed by atoms with Gasteiger partial charge < -0.3 is 4.74 Å². The van der Waals surface area contributed by atoms with Crippen LogP contribution < -0.4 is 4.74 Å². The fraction of sp³-hybridized carbons (Fsp3) is 0.133. The molecule has 0 fully saturated rings. The summed E-state index contributed by atoms with van der Waals surface area (Å²) in [4.78, 5) is 21.7. The van der Waals surface area contributed by atoms with E-state index in [2.05, 4.69) is 0 Å². The smallest absolute Gasteiger partial charge is 0.308 e. The molecule has 0 spiro atoms. The molecule has 5 nitrogen and oxygen atoms in total. The van der Waals surface area contributed by atoms with E-state index in [9.17, 15) is 14.9 Å². The highest BCUT2D eigenvalue weighted by Crippen LogP contribution is 2.34. The van der Waals surface area contributed by atoms with Crippen LogP contribution in [0.15, 0.2) is 42.5 Å². The van der Waals surface area contributed by atoms with E-state index in [1.54, 1.807) is 13.0 Å². The third kappa shape index (κ3) is 2.83. The molecule has 0 heterocycles. The largest absolute Gasteiger partial charge is 0.426 e. The standard InChI is InChI=1S/C15H13NO4/c1-10-14(16(18)19)8-13(9-15(10)20-11(2)17)12-6-4-3-5-7-12/h3-9H,1-2H3. The van der Waals surface area contributed by atoms with E-state index in [-0.39, 0.29) is 11.4 Å². The number of benzene rings is 2. The lowest BCUT2D eigenvalue weighted by Crippen LogP contribution is -2.04. The van der Waals surface area contributed by atoms with E-state index < -0.39 is 10.9 Å². The Labute approximate surface area is 116 Å². The zero-order chi connectivity index (χ0) is 14.7. The second kappa shape index (κ2) is 5.52. The third-order valence-corrected chi connectivity index (χ3v) is 2.89.